The van der Waals surface area contributed by atoms with E-state index in [1.54, 1.807) is 0 Å². The molecular formula is C21H60. The monoisotopic (exact) mass is 312 g/mol. The molecular weight excluding hydrogens is 252 g/mol. The van der Waals surface area contributed by atoms with Crippen molar-refractivity contribution in [1.82, 2.24) is 0 Å². The van der Waals surface area contributed by atoms with Gasteiger partial charge in [0.2, 0.25) is 0 Å². The number of unbranched alkanes of at least 4 members (excludes halogenated alkanes) is 4. The minimum atomic E-state index is 0. The molecule has 0 N–H and O–H groups in total. The maximum absolute atomic E-state index is 3.66. The van der Waals surface area contributed by atoms with Crippen LogP contribution < -0.4 is 0 Å². The van der Waals surface area contributed by atoms with Crippen molar-refractivity contribution in [3.63, 3.8) is 0 Å². The SMILES string of the molecule is C.C.C.C.C.C.C.C.C.C.C=CCC=CCCCCCC. The van der Waals surface area contributed by atoms with E-state index in [2.05, 4.69) is 25.7 Å². The molecule has 0 aliphatic carbocycles. The second-order valence-electron chi connectivity index (χ2n) is 2.85. The molecule has 0 aromatic carbocycles. The molecule has 0 aromatic heterocycles. The Bertz CT molecular complexity index is 101. The third kappa shape index (κ3) is 106. The van der Waals surface area contributed by atoms with Gasteiger partial charge in [-0.1, -0.05) is 119 Å². The Morgan fingerprint density at radius 3 is 1.38 bits per heavy atom. The van der Waals surface area contributed by atoms with Gasteiger partial charge >= 0.3 is 0 Å². The summed E-state index contributed by atoms with van der Waals surface area (Å²) in [7, 11) is 0. The molecule has 0 heteroatoms. The Hall–Kier alpha value is -0.520. The number of hydrogen-bond donors (Lipinski definition) is 0. The quantitative estimate of drug-likeness (QED) is 0.324. The summed E-state index contributed by atoms with van der Waals surface area (Å²) in [6.45, 7) is 5.90. The van der Waals surface area contributed by atoms with E-state index in [0.717, 1.165) is 6.42 Å². The Kier molecular flexibility index (Phi) is 381. The standard InChI is InChI=1S/C11H20.10CH4/c1-3-5-7-9-11-10-8-6-4-2;;;;;;;;;;/h3,7,9H,1,4-6,8,10-11H2,2H3;10*1H4. The van der Waals surface area contributed by atoms with E-state index in [4.69, 9.17) is 0 Å². The number of rotatable bonds is 7. The molecule has 0 saturated carbocycles. The molecule has 0 spiro atoms. The smallest absolute Gasteiger partial charge is 0.0172 e. The van der Waals surface area contributed by atoms with Gasteiger partial charge in [-0.15, -0.1) is 6.58 Å². The van der Waals surface area contributed by atoms with Crippen molar-refractivity contribution < 1.29 is 0 Å². The molecule has 0 rings (SSSR count). The van der Waals surface area contributed by atoms with Crippen molar-refractivity contribution >= 4 is 0 Å². The van der Waals surface area contributed by atoms with E-state index in [9.17, 15) is 0 Å². The van der Waals surface area contributed by atoms with Crippen LogP contribution in [0.2, 0.25) is 0 Å². The Labute approximate surface area is 145 Å². The molecule has 0 fully saturated rings. The lowest BCUT2D eigenvalue weighted by Crippen LogP contribution is -1.73. The van der Waals surface area contributed by atoms with E-state index in [1.807, 2.05) is 6.08 Å². The summed E-state index contributed by atoms with van der Waals surface area (Å²) in [5.74, 6) is 0. The van der Waals surface area contributed by atoms with Crippen LogP contribution in [-0.2, 0) is 0 Å². The Morgan fingerprint density at radius 2 is 1.05 bits per heavy atom. The van der Waals surface area contributed by atoms with E-state index < -0.39 is 0 Å². The molecule has 0 aliphatic heterocycles. The maximum Gasteiger partial charge on any atom is -0.0172 e. The zero-order valence-corrected chi connectivity index (χ0v) is 7.68. The molecule has 0 nitrogen and oxygen atoms in total. The number of hydrogen-bond acceptors (Lipinski definition) is 0. The molecule has 21 heavy (non-hydrogen) atoms. The first kappa shape index (κ1) is 86.5. The van der Waals surface area contributed by atoms with Gasteiger partial charge in [0.15, 0.2) is 0 Å². The van der Waals surface area contributed by atoms with E-state index in [0.29, 0.717) is 0 Å². The number of allylic oxidation sites excluding steroid dienone is 3. The van der Waals surface area contributed by atoms with Crippen molar-refractivity contribution in [2.24, 2.45) is 0 Å². The second kappa shape index (κ2) is 92.5. The van der Waals surface area contributed by atoms with Crippen LogP contribution >= 0.6 is 0 Å². The molecule has 144 valence electrons. The lowest BCUT2D eigenvalue weighted by atomic mass is 10.1. The van der Waals surface area contributed by atoms with Gasteiger partial charge in [0.25, 0.3) is 0 Å². The highest BCUT2D eigenvalue weighted by Gasteiger charge is 1.83. The van der Waals surface area contributed by atoms with Gasteiger partial charge in [-0.25, -0.2) is 0 Å². The van der Waals surface area contributed by atoms with Crippen LogP contribution in [0.4, 0.5) is 0 Å². The molecule has 0 bridgehead atoms. The predicted octanol–water partition coefficient (Wildman–Crippen LogP) is 10.5. The van der Waals surface area contributed by atoms with Gasteiger partial charge in [0, 0.05) is 0 Å². The molecule has 0 aromatic rings. The van der Waals surface area contributed by atoms with Crippen molar-refractivity contribution in [1.29, 1.82) is 0 Å². The van der Waals surface area contributed by atoms with Crippen molar-refractivity contribution in [2.45, 2.75) is 120 Å². The first-order valence-corrected chi connectivity index (χ1v) is 4.67. The first-order chi connectivity index (χ1) is 5.41. The van der Waals surface area contributed by atoms with Crippen LogP contribution in [-0.4, -0.2) is 0 Å². The van der Waals surface area contributed by atoms with E-state index in [1.165, 1.54) is 32.1 Å². The average Bonchev–Trinajstić information content (AvgIpc) is 2.03. The van der Waals surface area contributed by atoms with Crippen molar-refractivity contribution in [3.8, 4) is 0 Å². The highest BCUT2D eigenvalue weighted by atomic mass is 13.9. The maximum atomic E-state index is 3.66. The minimum Gasteiger partial charge on any atom is -0.103 e. The first-order valence-electron chi connectivity index (χ1n) is 4.67. The van der Waals surface area contributed by atoms with Gasteiger partial charge in [0.1, 0.15) is 0 Å². The van der Waals surface area contributed by atoms with E-state index in [-0.39, 0.29) is 74.3 Å². The predicted molar refractivity (Wildman–Crippen MR) is 120 cm³/mol. The molecule has 0 atom stereocenters. The van der Waals surface area contributed by atoms with Gasteiger partial charge < -0.3 is 0 Å². The molecule has 0 unspecified atom stereocenters. The van der Waals surface area contributed by atoms with Crippen molar-refractivity contribution in [2.75, 3.05) is 0 Å². The van der Waals surface area contributed by atoms with Gasteiger partial charge in [-0.2, -0.15) is 0 Å². The van der Waals surface area contributed by atoms with Gasteiger partial charge in [0.05, 0.1) is 0 Å². The highest BCUT2D eigenvalue weighted by Crippen LogP contribution is 2.02. The Balaban J connectivity index is -0.0000000111. The summed E-state index contributed by atoms with van der Waals surface area (Å²) in [6.07, 6.45) is 14.1. The lowest BCUT2D eigenvalue weighted by Gasteiger charge is -1.93. The average molecular weight is 313 g/mol. The van der Waals surface area contributed by atoms with Crippen LogP contribution in [0, 0.1) is 0 Å². The van der Waals surface area contributed by atoms with Crippen LogP contribution in [0.1, 0.15) is 120 Å². The largest absolute Gasteiger partial charge is 0.103 e. The lowest BCUT2D eigenvalue weighted by molar-refractivity contribution is 0.674. The van der Waals surface area contributed by atoms with E-state index >= 15 is 0 Å². The third-order valence-electron chi connectivity index (χ3n) is 1.69. The van der Waals surface area contributed by atoms with Crippen LogP contribution in [0.25, 0.3) is 0 Å². The molecule has 0 radical (unpaired) electrons. The minimum absolute atomic E-state index is 0. The summed E-state index contributed by atoms with van der Waals surface area (Å²) < 4.78 is 0. The molecule has 0 saturated heterocycles. The normalized spacial score (nSPS) is 5.57. The zero-order chi connectivity index (χ0) is 8.36. The van der Waals surface area contributed by atoms with Gasteiger partial charge in [-0.3, -0.25) is 0 Å². The second-order valence-corrected chi connectivity index (χ2v) is 2.85. The molecule has 0 amide bonds. The summed E-state index contributed by atoms with van der Waals surface area (Å²) in [6, 6.07) is 0. The summed E-state index contributed by atoms with van der Waals surface area (Å²) >= 11 is 0. The van der Waals surface area contributed by atoms with Gasteiger partial charge in [-0.05, 0) is 19.3 Å². The Morgan fingerprint density at radius 1 is 0.619 bits per heavy atom. The molecule has 0 heterocycles. The van der Waals surface area contributed by atoms with Crippen molar-refractivity contribution in [3.05, 3.63) is 24.8 Å². The topological polar surface area (TPSA) is 0 Å². The third-order valence-corrected chi connectivity index (χ3v) is 1.69. The van der Waals surface area contributed by atoms with Crippen LogP contribution in [0.15, 0.2) is 24.8 Å². The fraction of sp³-hybridized carbons (Fsp3) is 0.810. The fourth-order valence-corrected chi connectivity index (χ4v) is 0.999. The summed E-state index contributed by atoms with van der Waals surface area (Å²) in [5.41, 5.74) is 0. The van der Waals surface area contributed by atoms with Crippen LogP contribution in [0.5, 0.6) is 0 Å². The fourth-order valence-electron chi connectivity index (χ4n) is 0.999. The molecule has 0 aliphatic rings. The summed E-state index contributed by atoms with van der Waals surface area (Å²) in [4.78, 5) is 0. The zero-order valence-electron chi connectivity index (χ0n) is 7.68. The summed E-state index contributed by atoms with van der Waals surface area (Å²) in [5, 5.41) is 0. The highest BCUT2D eigenvalue weighted by molar-refractivity contribution is 4.87. The van der Waals surface area contributed by atoms with Crippen LogP contribution in [0.3, 0.4) is 0 Å².